The van der Waals surface area contributed by atoms with Crippen LogP contribution in [0.4, 0.5) is 29.2 Å². The van der Waals surface area contributed by atoms with E-state index in [1.807, 2.05) is 11.6 Å². The summed E-state index contributed by atoms with van der Waals surface area (Å²) in [6.45, 7) is 1.84. The Morgan fingerprint density at radius 3 is 2.40 bits per heavy atom. The Balaban J connectivity index is 1.35. The second-order valence-electron chi connectivity index (χ2n) is 10.5. The van der Waals surface area contributed by atoms with Gasteiger partial charge in [-0.1, -0.05) is 6.07 Å². The number of nitrogens with one attached hydrogen (secondary N) is 2. The molecule has 1 aliphatic carbocycles. The van der Waals surface area contributed by atoms with E-state index in [1.54, 1.807) is 12.3 Å². The molecule has 0 amide bonds. The fraction of sp³-hybridized carbons (Fsp3) is 0.357. The number of aryl methyl sites for hydroxylation is 1. The third-order valence-corrected chi connectivity index (χ3v) is 8.78. The van der Waals surface area contributed by atoms with Gasteiger partial charge in [-0.25, -0.2) is 27.8 Å². The minimum Gasteiger partial charge on any atom is -0.351 e. The molecule has 4 aromatic rings. The third kappa shape index (κ3) is 6.28. The van der Waals surface area contributed by atoms with Crippen LogP contribution in [0.3, 0.4) is 0 Å². The average molecular weight is 604 g/mol. The van der Waals surface area contributed by atoms with Crippen LogP contribution >= 0.6 is 0 Å². The van der Waals surface area contributed by atoms with Crippen LogP contribution in [0.25, 0.3) is 22.3 Å². The highest BCUT2D eigenvalue weighted by Gasteiger charge is 2.37. The molecule has 0 unspecified atom stereocenters. The van der Waals surface area contributed by atoms with Gasteiger partial charge in [0.25, 0.3) is 10.0 Å². The number of halogens is 4. The number of benzene rings is 1. The maximum atomic E-state index is 15.0. The van der Waals surface area contributed by atoms with E-state index < -0.39 is 38.2 Å². The first-order valence-corrected chi connectivity index (χ1v) is 14.7. The predicted molar refractivity (Wildman–Crippen MR) is 151 cm³/mol. The molecule has 42 heavy (non-hydrogen) atoms. The molecule has 1 aromatic carbocycles. The van der Waals surface area contributed by atoms with E-state index in [9.17, 15) is 21.6 Å². The zero-order valence-corrected chi connectivity index (χ0v) is 23.9. The van der Waals surface area contributed by atoms with Gasteiger partial charge >= 0.3 is 6.18 Å². The lowest BCUT2D eigenvalue weighted by Gasteiger charge is -2.32. The fourth-order valence-electron chi connectivity index (χ4n) is 5.10. The van der Waals surface area contributed by atoms with Crippen LogP contribution in [0.15, 0.2) is 53.8 Å². The molecule has 3 heterocycles. The summed E-state index contributed by atoms with van der Waals surface area (Å²) in [4.78, 5) is 18.3. The highest BCUT2D eigenvalue weighted by Crippen LogP contribution is 2.35. The molecule has 0 aliphatic heterocycles. The molecule has 3 aromatic heterocycles. The molecular weight excluding hydrogens is 574 g/mol. The molecule has 222 valence electrons. The van der Waals surface area contributed by atoms with E-state index in [0.717, 1.165) is 49.6 Å². The number of fused-ring (bicyclic) bond motifs is 1. The van der Waals surface area contributed by atoms with E-state index in [0.29, 0.717) is 46.5 Å². The normalized spacial score (nSPS) is 17.9. The molecule has 0 spiro atoms. The minimum absolute atomic E-state index is 0.281. The van der Waals surface area contributed by atoms with Gasteiger partial charge in [0.05, 0.1) is 28.7 Å². The zero-order chi connectivity index (χ0) is 30.2. The van der Waals surface area contributed by atoms with Crippen LogP contribution in [0, 0.1) is 12.7 Å². The minimum atomic E-state index is -4.94. The number of rotatable bonds is 7. The summed E-state index contributed by atoms with van der Waals surface area (Å²) in [5.74, 6) is -0.480. The summed E-state index contributed by atoms with van der Waals surface area (Å²) in [6, 6.07) is 6.73. The van der Waals surface area contributed by atoms with Crippen molar-refractivity contribution < 1.29 is 26.0 Å². The smallest absolute Gasteiger partial charge is 0.351 e. The van der Waals surface area contributed by atoms with Gasteiger partial charge in [0.15, 0.2) is 0 Å². The first-order valence-electron chi connectivity index (χ1n) is 13.2. The first kappa shape index (κ1) is 29.6. The predicted octanol–water partition coefficient (Wildman–Crippen LogP) is 5.64. The van der Waals surface area contributed by atoms with Gasteiger partial charge in [-0.05, 0) is 76.5 Å². The second-order valence-corrected chi connectivity index (χ2v) is 12.2. The van der Waals surface area contributed by atoms with Crippen LogP contribution in [0.1, 0.15) is 36.8 Å². The number of anilines is 2. The van der Waals surface area contributed by atoms with Crippen LogP contribution in [0.2, 0.25) is 0 Å². The lowest BCUT2D eigenvalue weighted by Crippen LogP contribution is -2.36. The van der Waals surface area contributed by atoms with Crippen LogP contribution in [0.5, 0.6) is 0 Å². The van der Waals surface area contributed by atoms with Crippen LogP contribution in [-0.4, -0.2) is 59.4 Å². The molecule has 0 saturated heterocycles. The maximum absolute atomic E-state index is 15.0. The van der Waals surface area contributed by atoms with Gasteiger partial charge in [0, 0.05) is 30.0 Å². The molecule has 2 N–H and O–H groups in total. The Bertz CT molecular complexity index is 1720. The van der Waals surface area contributed by atoms with Crippen LogP contribution < -0.4 is 10.0 Å². The second kappa shape index (κ2) is 11.4. The molecule has 9 nitrogen and oxygen atoms in total. The highest BCUT2D eigenvalue weighted by atomic mass is 32.2. The molecule has 1 saturated carbocycles. The summed E-state index contributed by atoms with van der Waals surface area (Å²) in [7, 11) is -0.605. The Morgan fingerprint density at radius 1 is 1.00 bits per heavy atom. The maximum Gasteiger partial charge on any atom is 0.417 e. The van der Waals surface area contributed by atoms with Crippen molar-refractivity contribution in [3.05, 3.63) is 65.9 Å². The molecule has 0 radical (unpaired) electrons. The zero-order valence-electron chi connectivity index (χ0n) is 23.1. The summed E-state index contributed by atoms with van der Waals surface area (Å²) in [5, 5.41) is 3.42. The van der Waals surface area contributed by atoms with Crippen molar-refractivity contribution in [2.45, 2.75) is 55.8 Å². The van der Waals surface area contributed by atoms with Crippen molar-refractivity contribution in [3.8, 4) is 11.3 Å². The number of hydrogen-bond donors (Lipinski definition) is 2. The number of nitrogens with zero attached hydrogens (tertiary/aromatic N) is 5. The van der Waals surface area contributed by atoms with Crippen molar-refractivity contribution in [2.75, 3.05) is 24.1 Å². The van der Waals surface area contributed by atoms with E-state index in [-0.39, 0.29) is 6.04 Å². The Kier molecular flexibility index (Phi) is 8.03. The molecule has 1 aliphatic rings. The van der Waals surface area contributed by atoms with Crippen molar-refractivity contribution in [3.63, 3.8) is 0 Å². The summed E-state index contributed by atoms with van der Waals surface area (Å²) in [6.07, 6.45) is 2.27. The van der Waals surface area contributed by atoms with Gasteiger partial charge in [0.1, 0.15) is 16.2 Å². The molecule has 14 heteroatoms. The molecule has 0 bridgehead atoms. The first-order chi connectivity index (χ1) is 19.8. The highest BCUT2D eigenvalue weighted by molar-refractivity contribution is 7.92. The average Bonchev–Trinajstić information content (AvgIpc) is 2.94. The number of alkyl halides is 3. The van der Waals surface area contributed by atoms with E-state index in [2.05, 4.69) is 44.2 Å². The largest absolute Gasteiger partial charge is 0.417 e. The summed E-state index contributed by atoms with van der Waals surface area (Å²) < 4.78 is 82.4. The standard InChI is InChI=1S/C28H29F4N7O2S/c1-16-12-23(36-24-14-34-27(37-26(16)24)35-18-5-7-19(8-6-18)39(2)3)17-4-9-22(21(29)13-17)38-42(40,41)25-15-33-11-10-20(25)28(30,31)32/h4,9-15,18-19,38H,5-8H2,1-3H3,(H,34,35,37). The number of aromatic nitrogens is 4. The summed E-state index contributed by atoms with van der Waals surface area (Å²) >= 11 is 0. The van der Waals surface area contributed by atoms with Gasteiger partial charge in [-0.2, -0.15) is 13.2 Å². The van der Waals surface area contributed by atoms with E-state index >= 15 is 4.39 Å². The number of sulfonamides is 1. The van der Waals surface area contributed by atoms with Crippen molar-refractivity contribution in [1.82, 2.24) is 24.8 Å². The number of hydrogen-bond acceptors (Lipinski definition) is 8. The topological polar surface area (TPSA) is 113 Å². The lowest BCUT2D eigenvalue weighted by molar-refractivity contribution is -0.139. The molecular formula is C28H29F4N7O2S. The van der Waals surface area contributed by atoms with Gasteiger partial charge in [0.2, 0.25) is 5.95 Å². The molecule has 5 rings (SSSR count). The van der Waals surface area contributed by atoms with E-state index in [4.69, 9.17) is 0 Å². The van der Waals surface area contributed by atoms with Gasteiger partial charge in [-0.3, -0.25) is 9.71 Å². The van der Waals surface area contributed by atoms with Crippen LogP contribution in [-0.2, 0) is 16.2 Å². The Morgan fingerprint density at radius 2 is 1.74 bits per heavy atom. The number of pyridine rings is 2. The van der Waals surface area contributed by atoms with E-state index in [1.165, 1.54) is 6.07 Å². The SMILES string of the molecule is Cc1cc(-c2ccc(NS(=O)(=O)c3cnccc3C(F)(F)F)c(F)c2)nc2cnc(NC3CCC(N(C)C)CC3)nc12. The quantitative estimate of drug-likeness (QED) is 0.261. The van der Waals surface area contributed by atoms with Crippen molar-refractivity contribution in [2.24, 2.45) is 0 Å². The van der Waals surface area contributed by atoms with Gasteiger partial charge in [-0.15, -0.1) is 0 Å². The lowest BCUT2D eigenvalue weighted by atomic mass is 9.91. The van der Waals surface area contributed by atoms with Crippen molar-refractivity contribution >= 4 is 32.7 Å². The molecule has 0 atom stereocenters. The summed E-state index contributed by atoms with van der Waals surface area (Å²) in [5.41, 5.74) is 0.706. The third-order valence-electron chi connectivity index (χ3n) is 7.39. The Labute approximate surface area is 240 Å². The molecule has 1 fully saturated rings. The van der Waals surface area contributed by atoms with Crippen molar-refractivity contribution in [1.29, 1.82) is 0 Å². The Hall–Kier alpha value is -3.91. The fourth-order valence-corrected chi connectivity index (χ4v) is 6.34. The van der Waals surface area contributed by atoms with Gasteiger partial charge < -0.3 is 10.2 Å². The monoisotopic (exact) mass is 603 g/mol.